The van der Waals surface area contributed by atoms with Gasteiger partial charge < -0.3 is 14.8 Å². The van der Waals surface area contributed by atoms with Crippen LogP contribution in [0.1, 0.15) is 6.42 Å². The molecule has 0 spiro atoms. The van der Waals surface area contributed by atoms with Gasteiger partial charge in [0.2, 0.25) is 10.0 Å². The highest BCUT2D eigenvalue weighted by Crippen LogP contribution is 2.15. The van der Waals surface area contributed by atoms with Crippen molar-refractivity contribution >= 4 is 10.0 Å². The molecule has 0 amide bonds. The Morgan fingerprint density at radius 1 is 1.10 bits per heavy atom. The SMILES string of the molecule is CNCCCNS(=O)(=O)c1ccc(OCCOC)cc1. The molecule has 0 fully saturated rings. The van der Waals surface area contributed by atoms with Crippen molar-refractivity contribution in [3.8, 4) is 5.75 Å². The minimum Gasteiger partial charge on any atom is -0.491 e. The number of nitrogens with one attached hydrogen (secondary N) is 2. The molecule has 20 heavy (non-hydrogen) atoms. The van der Waals surface area contributed by atoms with E-state index in [4.69, 9.17) is 9.47 Å². The minimum atomic E-state index is -3.44. The monoisotopic (exact) mass is 302 g/mol. The molecule has 0 bridgehead atoms. The van der Waals surface area contributed by atoms with Crippen LogP contribution in [0.2, 0.25) is 0 Å². The third-order valence-corrected chi connectivity index (χ3v) is 4.06. The van der Waals surface area contributed by atoms with E-state index in [9.17, 15) is 8.42 Å². The number of hydrogen-bond acceptors (Lipinski definition) is 5. The molecule has 0 heterocycles. The van der Waals surface area contributed by atoms with Gasteiger partial charge in [-0.1, -0.05) is 0 Å². The fraction of sp³-hybridized carbons (Fsp3) is 0.538. The van der Waals surface area contributed by atoms with Gasteiger partial charge in [0.05, 0.1) is 11.5 Å². The maximum Gasteiger partial charge on any atom is 0.240 e. The van der Waals surface area contributed by atoms with Crippen molar-refractivity contribution in [1.29, 1.82) is 0 Å². The molecule has 0 aliphatic heterocycles. The molecule has 6 nitrogen and oxygen atoms in total. The van der Waals surface area contributed by atoms with E-state index in [0.717, 1.165) is 13.0 Å². The van der Waals surface area contributed by atoms with Crippen molar-refractivity contribution in [2.24, 2.45) is 0 Å². The van der Waals surface area contributed by atoms with Gasteiger partial charge in [-0.3, -0.25) is 0 Å². The van der Waals surface area contributed by atoms with E-state index in [1.165, 1.54) is 12.1 Å². The second kappa shape index (κ2) is 8.91. The van der Waals surface area contributed by atoms with E-state index in [2.05, 4.69) is 10.0 Å². The van der Waals surface area contributed by atoms with Gasteiger partial charge in [-0.05, 0) is 44.3 Å². The Hall–Kier alpha value is -1.15. The van der Waals surface area contributed by atoms with Gasteiger partial charge >= 0.3 is 0 Å². The van der Waals surface area contributed by atoms with Crippen LogP contribution in [0.4, 0.5) is 0 Å². The first-order chi connectivity index (χ1) is 9.60. The fourth-order valence-electron chi connectivity index (χ4n) is 1.51. The van der Waals surface area contributed by atoms with Gasteiger partial charge in [0, 0.05) is 13.7 Å². The number of sulfonamides is 1. The average molecular weight is 302 g/mol. The number of rotatable bonds is 10. The summed E-state index contributed by atoms with van der Waals surface area (Å²) in [6.45, 7) is 2.11. The molecule has 0 aliphatic carbocycles. The van der Waals surface area contributed by atoms with E-state index in [1.807, 2.05) is 7.05 Å². The minimum absolute atomic E-state index is 0.237. The predicted molar refractivity (Wildman–Crippen MR) is 77.5 cm³/mol. The molecular formula is C13H22N2O4S. The Kier molecular flexibility index (Phi) is 7.53. The molecule has 0 unspecified atom stereocenters. The van der Waals surface area contributed by atoms with Gasteiger partial charge in [-0.2, -0.15) is 0 Å². The summed E-state index contributed by atoms with van der Waals surface area (Å²) >= 11 is 0. The number of hydrogen-bond donors (Lipinski definition) is 2. The molecule has 0 atom stereocenters. The molecule has 7 heteroatoms. The molecule has 1 rings (SSSR count). The molecule has 0 radical (unpaired) electrons. The summed E-state index contributed by atoms with van der Waals surface area (Å²) in [4.78, 5) is 0.237. The zero-order valence-electron chi connectivity index (χ0n) is 11.9. The average Bonchev–Trinajstić information content (AvgIpc) is 2.45. The van der Waals surface area contributed by atoms with Gasteiger partial charge in [-0.15, -0.1) is 0 Å². The molecule has 0 saturated heterocycles. The highest BCUT2D eigenvalue weighted by Gasteiger charge is 2.12. The van der Waals surface area contributed by atoms with Crippen molar-refractivity contribution in [3.05, 3.63) is 24.3 Å². The first-order valence-electron chi connectivity index (χ1n) is 6.46. The van der Waals surface area contributed by atoms with Gasteiger partial charge in [0.1, 0.15) is 12.4 Å². The summed E-state index contributed by atoms with van der Waals surface area (Å²) in [6.07, 6.45) is 0.744. The highest BCUT2D eigenvalue weighted by molar-refractivity contribution is 7.89. The number of benzene rings is 1. The molecule has 1 aromatic carbocycles. The smallest absolute Gasteiger partial charge is 0.240 e. The first kappa shape index (κ1) is 16.9. The van der Waals surface area contributed by atoms with E-state index in [0.29, 0.717) is 25.5 Å². The first-order valence-corrected chi connectivity index (χ1v) is 7.94. The van der Waals surface area contributed by atoms with Crippen LogP contribution in [0, 0.1) is 0 Å². The van der Waals surface area contributed by atoms with Crippen molar-refractivity contribution in [2.75, 3.05) is 40.5 Å². The molecule has 0 aromatic heterocycles. The van der Waals surface area contributed by atoms with Gasteiger partial charge in [0.25, 0.3) is 0 Å². The van der Waals surface area contributed by atoms with Crippen molar-refractivity contribution in [2.45, 2.75) is 11.3 Å². The van der Waals surface area contributed by atoms with Crippen LogP contribution < -0.4 is 14.8 Å². The van der Waals surface area contributed by atoms with Crippen LogP contribution in [-0.2, 0) is 14.8 Å². The topological polar surface area (TPSA) is 76.7 Å². The number of methoxy groups -OCH3 is 1. The lowest BCUT2D eigenvalue weighted by atomic mass is 10.3. The zero-order chi connectivity index (χ0) is 14.8. The molecule has 114 valence electrons. The predicted octanol–water partition coefficient (Wildman–Crippen LogP) is 0.600. The second-order valence-electron chi connectivity index (χ2n) is 4.17. The lowest BCUT2D eigenvalue weighted by Crippen LogP contribution is -2.26. The van der Waals surface area contributed by atoms with Crippen LogP contribution >= 0.6 is 0 Å². The van der Waals surface area contributed by atoms with Crippen molar-refractivity contribution in [3.63, 3.8) is 0 Å². The summed E-state index contributed by atoms with van der Waals surface area (Å²) in [5.41, 5.74) is 0. The Morgan fingerprint density at radius 3 is 2.40 bits per heavy atom. The quantitative estimate of drug-likeness (QED) is 0.619. The van der Waals surface area contributed by atoms with E-state index < -0.39 is 10.0 Å². The summed E-state index contributed by atoms with van der Waals surface area (Å²) in [7, 11) is -0.0145. The van der Waals surface area contributed by atoms with Gasteiger partial charge in [-0.25, -0.2) is 13.1 Å². The Morgan fingerprint density at radius 2 is 1.80 bits per heavy atom. The lowest BCUT2D eigenvalue weighted by molar-refractivity contribution is 0.146. The molecule has 0 aliphatic rings. The maximum atomic E-state index is 12.0. The molecule has 0 saturated carbocycles. The summed E-state index contributed by atoms with van der Waals surface area (Å²) in [5.74, 6) is 0.621. The Bertz CT molecular complexity index is 474. The Balaban J connectivity index is 2.53. The third kappa shape index (κ3) is 5.87. The van der Waals surface area contributed by atoms with E-state index >= 15 is 0 Å². The van der Waals surface area contributed by atoms with Crippen molar-refractivity contribution in [1.82, 2.24) is 10.0 Å². The summed E-state index contributed by atoms with van der Waals surface area (Å²) in [6, 6.07) is 6.33. The zero-order valence-corrected chi connectivity index (χ0v) is 12.7. The van der Waals surface area contributed by atoms with Crippen molar-refractivity contribution < 1.29 is 17.9 Å². The van der Waals surface area contributed by atoms with Crippen LogP contribution in [0.5, 0.6) is 5.75 Å². The summed E-state index contributed by atoms with van der Waals surface area (Å²) in [5, 5.41) is 2.96. The van der Waals surface area contributed by atoms with Crippen LogP contribution in [-0.4, -0.2) is 48.9 Å². The molecule has 2 N–H and O–H groups in total. The third-order valence-electron chi connectivity index (χ3n) is 2.59. The highest BCUT2D eigenvalue weighted by atomic mass is 32.2. The van der Waals surface area contributed by atoms with Crippen LogP contribution in [0.15, 0.2) is 29.2 Å². The van der Waals surface area contributed by atoms with E-state index in [-0.39, 0.29) is 4.90 Å². The standard InChI is InChI=1S/C13H22N2O4S/c1-14-8-3-9-15-20(16,17)13-6-4-12(5-7-13)19-11-10-18-2/h4-7,14-15H,3,8-11H2,1-2H3. The second-order valence-corrected chi connectivity index (χ2v) is 5.93. The lowest BCUT2D eigenvalue weighted by Gasteiger charge is -2.08. The maximum absolute atomic E-state index is 12.0. The van der Waals surface area contributed by atoms with Crippen LogP contribution in [0.25, 0.3) is 0 Å². The normalized spacial score (nSPS) is 11.5. The number of ether oxygens (including phenoxy) is 2. The Labute approximate surface area is 120 Å². The van der Waals surface area contributed by atoms with Crippen LogP contribution in [0.3, 0.4) is 0 Å². The largest absolute Gasteiger partial charge is 0.491 e. The molecule has 1 aromatic rings. The summed E-state index contributed by atoms with van der Waals surface area (Å²) < 4.78 is 36.8. The van der Waals surface area contributed by atoms with Gasteiger partial charge in [0.15, 0.2) is 0 Å². The van der Waals surface area contributed by atoms with E-state index in [1.54, 1.807) is 19.2 Å². The molecular weight excluding hydrogens is 280 g/mol. The fourth-order valence-corrected chi connectivity index (χ4v) is 2.59.